The van der Waals surface area contributed by atoms with Gasteiger partial charge in [0, 0.05) is 12.1 Å². The molecule has 1 heterocycles. The molecule has 2 rings (SSSR count). The Hall–Kier alpha value is -0.0900. The zero-order chi connectivity index (χ0) is 10.2. The van der Waals surface area contributed by atoms with Crippen molar-refractivity contribution in [2.45, 2.75) is 44.7 Å². The fourth-order valence-corrected chi connectivity index (χ4v) is 3.91. The fourth-order valence-electron chi connectivity index (χ4n) is 2.26. The minimum absolute atomic E-state index is 0.212. The molecule has 1 saturated heterocycles. The zero-order valence-corrected chi connectivity index (χ0v) is 9.52. The van der Waals surface area contributed by atoms with Crippen LogP contribution in [0.1, 0.15) is 32.6 Å². The van der Waals surface area contributed by atoms with Crippen molar-refractivity contribution in [1.29, 1.82) is 0 Å². The summed E-state index contributed by atoms with van der Waals surface area (Å²) in [5.41, 5.74) is 0. The summed E-state index contributed by atoms with van der Waals surface area (Å²) >= 11 is 0. The van der Waals surface area contributed by atoms with Gasteiger partial charge in [0.25, 0.3) is 0 Å². The minimum atomic E-state index is -2.75. The third-order valence-electron chi connectivity index (χ3n) is 3.29. The molecule has 0 radical (unpaired) electrons. The summed E-state index contributed by atoms with van der Waals surface area (Å²) in [7, 11) is -2.75. The maximum atomic E-state index is 11.4. The molecular formula is C10H19NO2S. The molecule has 1 N–H and O–H groups in total. The van der Waals surface area contributed by atoms with Crippen LogP contribution in [0.2, 0.25) is 0 Å². The molecule has 1 saturated carbocycles. The second-order valence-corrected chi connectivity index (χ2v) is 6.98. The van der Waals surface area contributed by atoms with Crippen LogP contribution in [0.3, 0.4) is 0 Å². The molecule has 0 bridgehead atoms. The van der Waals surface area contributed by atoms with E-state index in [1.54, 1.807) is 0 Å². The van der Waals surface area contributed by atoms with Gasteiger partial charge in [-0.05, 0) is 38.5 Å². The van der Waals surface area contributed by atoms with E-state index in [1.165, 1.54) is 12.8 Å². The van der Waals surface area contributed by atoms with Gasteiger partial charge in [-0.1, -0.05) is 0 Å². The first kappa shape index (κ1) is 10.4. The quantitative estimate of drug-likeness (QED) is 0.765. The fraction of sp³-hybridized carbons (Fsp3) is 1.00. The van der Waals surface area contributed by atoms with E-state index in [0.717, 1.165) is 18.8 Å². The van der Waals surface area contributed by atoms with Crippen LogP contribution in [-0.2, 0) is 9.84 Å². The van der Waals surface area contributed by atoms with Crippen LogP contribution < -0.4 is 5.32 Å². The van der Waals surface area contributed by atoms with Gasteiger partial charge in [0.05, 0.1) is 11.5 Å². The van der Waals surface area contributed by atoms with Crippen LogP contribution in [0.25, 0.3) is 0 Å². The minimum Gasteiger partial charge on any atom is -0.310 e. The van der Waals surface area contributed by atoms with Crippen molar-refractivity contribution in [3.8, 4) is 0 Å². The molecule has 2 fully saturated rings. The monoisotopic (exact) mass is 217 g/mol. The number of sulfone groups is 1. The van der Waals surface area contributed by atoms with Gasteiger partial charge in [-0.25, -0.2) is 8.42 Å². The summed E-state index contributed by atoms with van der Waals surface area (Å²) in [6.45, 7) is 2.18. The highest BCUT2D eigenvalue weighted by Gasteiger charge is 2.31. The summed E-state index contributed by atoms with van der Waals surface area (Å²) in [4.78, 5) is 0. The second-order valence-electron chi connectivity index (χ2n) is 4.75. The lowest BCUT2D eigenvalue weighted by atomic mass is 10.1. The third kappa shape index (κ3) is 2.70. The van der Waals surface area contributed by atoms with Gasteiger partial charge < -0.3 is 5.32 Å². The van der Waals surface area contributed by atoms with E-state index in [4.69, 9.17) is 0 Å². The maximum absolute atomic E-state index is 11.4. The average Bonchev–Trinajstić information content (AvgIpc) is 2.83. The Kier molecular flexibility index (Phi) is 2.84. The lowest BCUT2D eigenvalue weighted by Crippen LogP contribution is -2.44. The highest BCUT2D eigenvalue weighted by molar-refractivity contribution is 7.91. The highest BCUT2D eigenvalue weighted by Crippen LogP contribution is 2.32. The SMILES string of the molecule is CC(NC1CCCS(=O)(=O)C1)C1CC1. The van der Waals surface area contributed by atoms with Gasteiger partial charge in [0.2, 0.25) is 0 Å². The van der Waals surface area contributed by atoms with Crippen molar-refractivity contribution < 1.29 is 8.42 Å². The van der Waals surface area contributed by atoms with E-state index in [9.17, 15) is 8.42 Å². The molecule has 4 heteroatoms. The van der Waals surface area contributed by atoms with Gasteiger partial charge in [0.1, 0.15) is 0 Å². The summed E-state index contributed by atoms with van der Waals surface area (Å²) < 4.78 is 22.8. The predicted octanol–water partition coefficient (Wildman–Crippen LogP) is 0.952. The highest BCUT2D eigenvalue weighted by atomic mass is 32.2. The van der Waals surface area contributed by atoms with E-state index in [2.05, 4.69) is 12.2 Å². The Morgan fingerprint density at radius 3 is 2.57 bits per heavy atom. The number of hydrogen-bond acceptors (Lipinski definition) is 3. The van der Waals surface area contributed by atoms with Gasteiger partial charge >= 0.3 is 0 Å². The van der Waals surface area contributed by atoms with Crippen LogP contribution in [0.4, 0.5) is 0 Å². The largest absolute Gasteiger partial charge is 0.310 e. The van der Waals surface area contributed by atoms with Crippen molar-refractivity contribution in [2.75, 3.05) is 11.5 Å². The smallest absolute Gasteiger partial charge is 0.151 e. The Morgan fingerprint density at radius 1 is 1.29 bits per heavy atom. The van der Waals surface area contributed by atoms with Crippen molar-refractivity contribution in [3.63, 3.8) is 0 Å². The molecule has 0 aromatic heterocycles. The van der Waals surface area contributed by atoms with E-state index in [1.807, 2.05) is 0 Å². The summed E-state index contributed by atoms with van der Waals surface area (Å²) in [5.74, 6) is 1.55. The van der Waals surface area contributed by atoms with E-state index >= 15 is 0 Å². The topological polar surface area (TPSA) is 46.2 Å². The predicted molar refractivity (Wildman–Crippen MR) is 57.0 cm³/mol. The number of rotatable bonds is 3. The molecule has 3 nitrogen and oxygen atoms in total. The summed E-state index contributed by atoms with van der Waals surface area (Å²) in [6, 6.07) is 0.720. The van der Waals surface area contributed by atoms with Crippen molar-refractivity contribution in [3.05, 3.63) is 0 Å². The normalized spacial score (nSPS) is 33.9. The van der Waals surface area contributed by atoms with Crippen LogP contribution in [-0.4, -0.2) is 32.0 Å². The van der Waals surface area contributed by atoms with Gasteiger partial charge in [-0.3, -0.25) is 0 Å². The summed E-state index contributed by atoms with van der Waals surface area (Å²) in [5, 5.41) is 3.46. The Morgan fingerprint density at radius 2 is 2.00 bits per heavy atom. The number of hydrogen-bond donors (Lipinski definition) is 1. The Labute approximate surface area is 86.2 Å². The maximum Gasteiger partial charge on any atom is 0.151 e. The van der Waals surface area contributed by atoms with Crippen LogP contribution >= 0.6 is 0 Å². The molecular weight excluding hydrogens is 198 g/mol. The zero-order valence-electron chi connectivity index (χ0n) is 8.70. The molecule has 1 aliphatic heterocycles. The lowest BCUT2D eigenvalue weighted by Gasteiger charge is -2.26. The third-order valence-corrected chi connectivity index (χ3v) is 5.11. The van der Waals surface area contributed by atoms with E-state index in [0.29, 0.717) is 17.5 Å². The first-order valence-corrected chi connectivity index (χ1v) is 7.35. The molecule has 14 heavy (non-hydrogen) atoms. The van der Waals surface area contributed by atoms with Gasteiger partial charge in [-0.2, -0.15) is 0 Å². The molecule has 2 atom stereocenters. The van der Waals surface area contributed by atoms with Crippen molar-refractivity contribution in [2.24, 2.45) is 5.92 Å². The van der Waals surface area contributed by atoms with Crippen LogP contribution in [0.5, 0.6) is 0 Å². The molecule has 82 valence electrons. The molecule has 2 aliphatic rings. The Balaban J connectivity index is 1.85. The average molecular weight is 217 g/mol. The first-order chi connectivity index (χ1) is 6.57. The Bertz CT molecular complexity index is 295. The molecule has 0 aromatic rings. The molecule has 0 spiro atoms. The second kappa shape index (κ2) is 3.81. The molecule has 1 aliphatic carbocycles. The van der Waals surface area contributed by atoms with Crippen molar-refractivity contribution >= 4 is 9.84 Å². The lowest BCUT2D eigenvalue weighted by molar-refractivity contribution is 0.404. The standard InChI is InChI=1S/C10H19NO2S/c1-8(9-4-5-9)11-10-3-2-6-14(12,13)7-10/h8-11H,2-7H2,1H3. The number of nitrogens with one attached hydrogen (secondary N) is 1. The van der Waals surface area contributed by atoms with E-state index < -0.39 is 9.84 Å². The van der Waals surface area contributed by atoms with E-state index in [-0.39, 0.29) is 6.04 Å². The van der Waals surface area contributed by atoms with Crippen molar-refractivity contribution in [1.82, 2.24) is 5.32 Å². The first-order valence-electron chi connectivity index (χ1n) is 5.53. The summed E-state index contributed by atoms with van der Waals surface area (Å²) in [6.07, 6.45) is 4.48. The molecule has 2 unspecified atom stereocenters. The molecule has 0 aromatic carbocycles. The van der Waals surface area contributed by atoms with Gasteiger partial charge in [-0.15, -0.1) is 0 Å². The van der Waals surface area contributed by atoms with Gasteiger partial charge in [0.15, 0.2) is 9.84 Å². The van der Waals surface area contributed by atoms with Crippen LogP contribution in [0, 0.1) is 5.92 Å². The molecule has 0 amide bonds. The van der Waals surface area contributed by atoms with Crippen LogP contribution in [0.15, 0.2) is 0 Å².